The SMILES string of the molecule is Cc1csc(NC(=O)[C@H](C)N)c1C(=O)c1ccc(Cl)cc1.Cc1csc(NC(=O)[C@H](C)NC(=O)OCC2c3ccccc3-c3ccccc32)c1C(=O)c1ccc(Cl)cc1.N#N.[N-]=[N+]=N. The quantitative estimate of drug-likeness (QED) is 0.0271. The zero-order chi connectivity index (χ0) is 47.1. The van der Waals surface area contributed by atoms with Gasteiger partial charge in [-0.2, -0.15) is 0 Å². The van der Waals surface area contributed by atoms with Crippen molar-refractivity contribution in [3.05, 3.63) is 173 Å². The summed E-state index contributed by atoms with van der Waals surface area (Å²) >= 11 is 14.3. The molecule has 1 aliphatic carbocycles. The van der Waals surface area contributed by atoms with Crippen LogP contribution in [0.2, 0.25) is 10.0 Å². The molecule has 0 unspecified atom stereocenters. The number of hydrogen-bond donors (Lipinski definition) is 5. The molecule has 0 bridgehead atoms. The number of ketones is 2. The molecule has 2 aromatic heterocycles. The molecular weight excluding hydrogens is 898 g/mol. The summed E-state index contributed by atoms with van der Waals surface area (Å²) in [7, 11) is 0. The lowest BCUT2D eigenvalue weighted by Crippen LogP contribution is -2.42. The number of alkyl carbamates (subject to hydrolysis) is 1. The number of carbonyl (C=O) groups excluding carboxylic acids is 5. The molecule has 2 atom stereocenters. The molecule has 3 amide bonds. The highest BCUT2D eigenvalue weighted by atomic mass is 35.5. The third-order valence-electron chi connectivity index (χ3n) is 9.58. The fourth-order valence-corrected chi connectivity index (χ4v) is 8.60. The van der Waals surface area contributed by atoms with Crippen LogP contribution in [0.4, 0.5) is 14.8 Å². The Balaban J connectivity index is 0.000000292. The number of thiophene rings is 2. The van der Waals surface area contributed by atoms with Gasteiger partial charge in [0.25, 0.3) is 0 Å². The average Bonchev–Trinajstić information content (AvgIpc) is 3.95. The molecule has 4 aromatic carbocycles. The summed E-state index contributed by atoms with van der Waals surface area (Å²) in [5, 5.41) is 25.8. The third-order valence-corrected chi connectivity index (χ3v) is 12.1. The molecule has 0 spiro atoms. The van der Waals surface area contributed by atoms with Gasteiger partial charge in [0.15, 0.2) is 11.6 Å². The number of benzene rings is 4. The number of nitrogens with one attached hydrogen (secondary N) is 4. The van der Waals surface area contributed by atoms with Crippen molar-refractivity contribution in [2.45, 2.75) is 45.7 Å². The summed E-state index contributed by atoms with van der Waals surface area (Å²) in [5.74, 6) is -1.21. The standard InChI is InChI=1S/C30H25ClN2O4S.C15H15ClN2O2S.HN3.N2/c1-17-16-38-29(26(17)27(34)19-11-13-20(31)14-12-19)33-28(35)18(2)32-30(36)37-15-25-23-9-5-3-7-21(23)22-8-4-6-10-24(22)25;1-8-7-21-15(18-14(20)9(2)17)12(8)13(19)10-3-5-11(16)6-4-10;1-3-2;1-2/h3-14,16,18,25H,15H2,1-2H3,(H,32,36)(H,33,35);3-7,9H,17H2,1-2H3,(H,18,20);1H;/t18-;9-;;/m00../s1. The topological polar surface area (TPSA) is 265 Å². The van der Waals surface area contributed by atoms with Gasteiger partial charge < -0.3 is 26.4 Å². The number of nitrogens with two attached hydrogens (primary N) is 1. The summed E-state index contributed by atoms with van der Waals surface area (Å²) in [4.78, 5) is 64.7. The van der Waals surface area contributed by atoms with Crippen LogP contribution < -0.4 is 21.7 Å². The van der Waals surface area contributed by atoms with Gasteiger partial charge in [-0.1, -0.05) is 71.7 Å². The molecular formula is C45H41Cl2N9O6S2. The van der Waals surface area contributed by atoms with Crippen molar-refractivity contribution in [3.8, 4) is 11.1 Å². The highest BCUT2D eigenvalue weighted by Gasteiger charge is 2.30. The molecule has 6 N–H and O–H groups in total. The summed E-state index contributed by atoms with van der Waals surface area (Å²) in [5.41, 5.74) is 25.8. The second-order valence-electron chi connectivity index (χ2n) is 14.0. The van der Waals surface area contributed by atoms with Crippen LogP contribution in [-0.2, 0) is 14.3 Å². The van der Waals surface area contributed by atoms with Crippen molar-refractivity contribution in [1.82, 2.24) is 5.32 Å². The Morgan fingerprint density at radius 1 is 0.734 bits per heavy atom. The molecule has 328 valence electrons. The average molecular weight is 939 g/mol. The lowest BCUT2D eigenvalue weighted by atomic mass is 9.98. The number of aryl methyl sites for hydroxylation is 2. The molecule has 15 nitrogen and oxygen atoms in total. The Morgan fingerprint density at radius 3 is 1.53 bits per heavy atom. The second kappa shape index (κ2) is 23.5. The van der Waals surface area contributed by atoms with E-state index in [4.69, 9.17) is 55.5 Å². The Hall–Kier alpha value is -6.90. The van der Waals surface area contributed by atoms with Crippen molar-refractivity contribution in [2.24, 2.45) is 5.73 Å². The van der Waals surface area contributed by atoms with E-state index >= 15 is 0 Å². The van der Waals surface area contributed by atoms with E-state index < -0.39 is 24.1 Å². The fourth-order valence-electron chi connectivity index (χ4n) is 6.46. The molecule has 1 aliphatic rings. The lowest BCUT2D eigenvalue weighted by Gasteiger charge is -2.17. The largest absolute Gasteiger partial charge is 0.449 e. The van der Waals surface area contributed by atoms with Gasteiger partial charge in [-0.15, -0.1) is 28.2 Å². The smallest absolute Gasteiger partial charge is 0.407 e. The predicted octanol–water partition coefficient (Wildman–Crippen LogP) is 10.9. The van der Waals surface area contributed by atoms with Crippen molar-refractivity contribution in [1.29, 1.82) is 16.3 Å². The fraction of sp³-hybridized carbons (Fsp3) is 0.178. The number of rotatable bonds is 11. The Morgan fingerprint density at radius 2 is 1.12 bits per heavy atom. The van der Waals surface area contributed by atoms with Crippen molar-refractivity contribution in [3.63, 3.8) is 0 Å². The summed E-state index contributed by atoms with van der Waals surface area (Å²) < 4.78 is 5.55. The number of amides is 3. The zero-order valence-electron chi connectivity index (χ0n) is 34.7. The number of carbonyl (C=O) groups is 5. The van der Waals surface area contributed by atoms with Crippen LogP contribution in [0, 0.1) is 30.2 Å². The van der Waals surface area contributed by atoms with Crippen LogP contribution in [0.3, 0.4) is 0 Å². The van der Waals surface area contributed by atoms with E-state index in [0.29, 0.717) is 42.3 Å². The van der Waals surface area contributed by atoms with Crippen LogP contribution >= 0.6 is 45.9 Å². The minimum Gasteiger partial charge on any atom is -0.449 e. The summed E-state index contributed by atoms with van der Waals surface area (Å²) in [6.45, 7) is 6.96. The maximum absolute atomic E-state index is 13.1. The molecule has 0 saturated heterocycles. The van der Waals surface area contributed by atoms with E-state index in [2.05, 4.69) is 28.1 Å². The van der Waals surface area contributed by atoms with Crippen molar-refractivity contribution < 1.29 is 28.7 Å². The van der Waals surface area contributed by atoms with E-state index in [1.165, 1.54) is 22.7 Å². The van der Waals surface area contributed by atoms with Gasteiger partial charge in [-0.05, 0) is 131 Å². The van der Waals surface area contributed by atoms with E-state index in [9.17, 15) is 24.0 Å². The molecule has 6 aromatic rings. The molecule has 19 heteroatoms. The highest BCUT2D eigenvalue weighted by molar-refractivity contribution is 7.15. The molecule has 64 heavy (non-hydrogen) atoms. The summed E-state index contributed by atoms with van der Waals surface area (Å²) in [6, 6.07) is 27.9. The minimum atomic E-state index is -0.883. The van der Waals surface area contributed by atoms with E-state index in [1.54, 1.807) is 67.3 Å². The first kappa shape index (κ1) is 49.8. The van der Waals surface area contributed by atoms with E-state index in [-0.39, 0.29) is 30.0 Å². The van der Waals surface area contributed by atoms with Crippen LogP contribution in [0.5, 0.6) is 0 Å². The number of halogens is 2. The van der Waals surface area contributed by atoms with Gasteiger partial charge in [0, 0.05) is 37.9 Å². The van der Waals surface area contributed by atoms with Gasteiger partial charge in [0.05, 0.1) is 17.2 Å². The first-order chi connectivity index (χ1) is 30.6. The second-order valence-corrected chi connectivity index (χ2v) is 16.6. The third kappa shape index (κ3) is 12.4. The van der Waals surface area contributed by atoms with Gasteiger partial charge in [-0.3, -0.25) is 19.2 Å². The molecule has 7 rings (SSSR count). The first-order valence-corrected chi connectivity index (χ1v) is 21.6. The normalized spacial score (nSPS) is 11.7. The first-order valence-electron chi connectivity index (χ1n) is 19.1. The van der Waals surface area contributed by atoms with Gasteiger partial charge >= 0.3 is 6.09 Å². The van der Waals surface area contributed by atoms with E-state index in [1.807, 2.05) is 61.0 Å². The maximum atomic E-state index is 13.1. The van der Waals surface area contributed by atoms with E-state index in [0.717, 1.165) is 33.4 Å². The van der Waals surface area contributed by atoms with Gasteiger partial charge in [-0.25, -0.2) is 4.79 Å². The minimum absolute atomic E-state index is 0.0761. The predicted molar refractivity (Wildman–Crippen MR) is 249 cm³/mol. The number of hydrogen-bond acceptors (Lipinski definition) is 12. The molecule has 2 heterocycles. The highest BCUT2D eigenvalue weighted by Crippen LogP contribution is 2.44. The van der Waals surface area contributed by atoms with Gasteiger partial charge in [0.2, 0.25) is 11.8 Å². The maximum Gasteiger partial charge on any atom is 0.407 e. The Bertz CT molecular complexity index is 2650. The number of ether oxygens (including phenoxy) is 1. The van der Waals surface area contributed by atoms with Crippen LogP contribution in [0.1, 0.15) is 73.9 Å². The van der Waals surface area contributed by atoms with Crippen LogP contribution in [0.25, 0.3) is 21.6 Å². The Kier molecular flexibility index (Phi) is 18.3. The van der Waals surface area contributed by atoms with Crippen molar-refractivity contribution >= 4 is 85.4 Å². The molecule has 0 fully saturated rings. The van der Waals surface area contributed by atoms with Gasteiger partial charge in [0.1, 0.15) is 22.7 Å². The zero-order valence-corrected chi connectivity index (χ0v) is 37.9. The number of nitrogens with zero attached hydrogens (tertiary/aromatic N) is 4. The molecule has 0 radical (unpaired) electrons. The number of anilines is 2. The molecule has 0 saturated carbocycles. The van der Waals surface area contributed by atoms with Crippen LogP contribution in [0.15, 0.2) is 108 Å². The summed E-state index contributed by atoms with van der Waals surface area (Å²) in [6.07, 6.45) is -0.686. The lowest BCUT2D eigenvalue weighted by molar-refractivity contribution is -0.118. The van der Waals surface area contributed by atoms with Crippen LogP contribution in [-0.4, -0.2) is 48.2 Å². The number of fused-ring (bicyclic) bond motifs is 3. The molecule has 0 aliphatic heterocycles. The monoisotopic (exact) mass is 937 g/mol. The van der Waals surface area contributed by atoms with Crippen molar-refractivity contribution in [2.75, 3.05) is 17.2 Å². The Labute approximate surface area is 386 Å².